The monoisotopic (exact) mass is 294 g/mol. The average molecular weight is 295 g/mol. The van der Waals surface area contributed by atoms with Gasteiger partial charge < -0.3 is 4.74 Å². The second-order valence-corrected chi connectivity index (χ2v) is 7.90. The molecule has 0 amide bonds. The van der Waals surface area contributed by atoms with Gasteiger partial charge in [0.15, 0.2) is 0 Å². The Labute approximate surface area is 133 Å². The van der Waals surface area contributed by atoms with Crippen molar-refractivity contribution in [1.29, 1.82) is 0 Å². The summed E-state index contributed by atoms with van der Waals surface area (Å²) in [6, 6.07) is 0. The maximum Gasteiger partial charge on any atom is 0.0679 e. The van der Waals surface area contributed by atoms with Gasteiger partial charge >= 0.3 is 0 Å². The van der Waals surface area contributed by atoms with Crippen LogP contribution in [0.1, 0.15) is 97.3 Å². The molecule has 124 valence electrons. The van der Waals surface area contributed by atoms with Crippen LogP contribution in [-0.2, 0) is 4.74 Å². The van der Waals surface area contributed by atoms with Gasteiger partial charge in [0.25, 0.3) is 0 Å². The van der Waals surface area contributed by atoms with Crippen LogP contribution in [-0.4, -0.2) is 12.7 Å². The molecule has 0 heterocycles. The summed E-state index contributed by atoms with van der Waals surface area (Å²) >= 11 is 0. The predicted octanol–water partition coefficient (Wildman–Crippen LogP) is 6.36. The molecule has 0 atom stereocenters. The molecule has 2 fully saturated rings. The second kappa shape index (κ2) is 8.56. The number of hydrogen-bond acceptors (Lipinski definition) is 1. The summed E-state index contributed by atoms with van der Waals surface area (Å²) in [6.07, 6.45) is 18.4. The third-order valence-corrected chi connectivity index (χ3v) is 6.62. The fraction of sp³-hybridized carbons (Fsp3) is 1.00. The van der Waals surface area contributed by atoms with Crippen molar-refractivity contribution >= 4 is 0 Å². The molecule has 0 N–H and O–H groups in total. The van der Waals surface area contributed by atoms with Crippen molar-refractivity contribution in [1.82, 2.24) is 0 Å². The molecule has 1 heteroatoms. The molecule has 2 saturated carbocycles. The van der Waals surface area contributed by atoms with Gasteiger partial charge in [-0.15, -0.1) is 0 Å². The predicted molar refractivity (Wildman–Crippen MR) is 91.6 cm³/mol. The van der Waals surface area contributed by atoms with Crippen LogP contribution in [0, 0.1) is 17.8 Å². The number of unbranched alkanes of at least 4 members (excludes halogenated alkanes) is 1. The molecule has 0 spiro atoms. The molecular formula is C20H38O. The lowest BCUT2D eigenvalue weighted by Gasteiger charge is -2.43. The van der Waals surface area contributed by atoms with E-state index < -0.39 is 0 Å². The Morgan fingerprint density at radius 1 is 0.857 bits per heavy atom. The molecule has 0 saturated heterocycles. The normalized spacial score (nSPS) is 37.6. The first-order chi connectivity index (χ1) is 10.2. The molecule has 2 aliphatic carbocycles. The number of rotatable bonds is 7. The number of ether oxygens (including phenoxy) is 1. The molecule has 21 heavy (non-hydrogen) atoms. The highest BCUT2D eigenvalue weighted by atomic mass is 16.5. The van der Waals surface area contributed by atoms with Crippen LogP contribution in [0.15, 0.2) is 0 Å². The van der Waals surface area contributed by atoms with E-state index in [1.54, 1.807) is 0 Å². The molecule has 0 unspecified atom stereocenters. The van der Waals surface area contributed by atoms with E-state index in [-0.39, 0.29) is 5.60 Å². The molecule has 0 bridgehead atoms. The Bertz CT molecular complexity index is 270. The lowest BCUT2D eigenvalue weighted by atomic mass is 9.67. The van der Waals surface area contributed by atoms with Crippen LogP contribution in [0.25, 0.3) is 0 Å². The fourth-order valence-corrected chi connectivity index (χ4v) is 5.05. The lowest BCUT2D eigenvalue weighted by molar-refractivity contribution is -0.0637. The van der Waals surface area contributed by atoms with Gasteiger partial charge in [-0.2, -0.15) is 0 Å². The maximum absolute atomic E-state index is 5.97. The Morgan fingerprint density at radius 2 is 1.48 bits per heavy atom. The minimum absolute atomic E-state index is 0.242. The SMILES string of the molecule is CCCC[C@]1(OC)CC[C@@H](C2CCC(CCC)CC2)CC1. The first kappa shape index (κ1) is 17.3. The van der Waals surface area contributed by atoms with Crippen molar-refractivity contribution in [2.45, 2.75) is 103 Å². The third-order valence-electron chi connectivity index (χ3n) is 6.62. The molecule has 1 nitrogen and oxygen atoms in total. The Morgan fingerprint density at radius 3 is 2.00 bits per heavy atom. The smallest absolute Gasteiger partial charge is 0.0679 e. The van der Waals surface area contributed by atoms with Crippen LogP contribution >= 0.6 is 0 Å². The minimum atomic E-state index is 0.242. The van der Waals surface area contributed by atoms with Gasteiger partial charge in [0.2, 0.25) is 0 Å². The molecule has 0 aromatic heterocycles. The Balaban J connectivity index is 1.76. The zero-order valence-corrected chi connectivity index (χ0v) is 14.8. The molecular weight excluding hydrogens is 256 g/mol. The summed E-state index contributed by atoms with van der Waals surface area (Å²) in [5.74, 6) is 3.11. The van der Waals surface area contributed by atoms with Gasteiger partial charge in [0, 0.05) is 7.11 Å². The molecule has 2 rings (SSSR count). The quantitative estimate of drug-likeness (QED) is 0.531. The van der Waals surface area contributed by atoms with E-state index in [2.05, 4.69) is 13.8 Å². The van der Waals surface area contributed by atoms with Crippen LogP contribution < -0.4 is 0 Å². The standard InChI is InChI=1S/C20H38O/c1-4-6-14-20(21-3)15-12-19(13-16-20)18-10-8-17(7-5-2)9-11-18/h17-19H,4-16H2,1-3H3/t17?,18?,19-,20+. The summed E-state index contributed by atoms with van der Waals surface area (Å²) in [5.41, 5.74) is 0.242. The van der Waals surface area contributed by atoms with E-state index in [4.69, 9.17) is 4.74 Å². The Hall–Kier alpha value is -0.0400. The van der Waals surface area contributed by atoms with Crippen LogP contribution in [0.3, 0.4) is 0 Å². The van der Waals surface area contributed by atoms with Gasteiger partial charge in [0.05, 0.1) is 5.60 Å². The van der Waals surface area contributed by atoms with Crippen molar-refractivity contribution in [3.63, 3.8) is 0 Å². The van der Waals surface area contributed by atoms with Crippen molar-refractivity contribution in [3.8, 4) is 0 Å². The van der Waals surface area contributed by atoms with Crippen molar-refractivity contribution in [3.05, 3.63) is 0 Å². The third kappa shape index (κ3) is 4.71. The highest BCUT2D eigenvalue weighted by molar-refractivity contribution is 4.90. The van der Waals surface area contributed by atoms with Gasteiger partial charge in [-0.05, 0) is 62.7 Å². The summed E-state index contributed by atoms with van der Waals surface area (Å²) in [5, 5.41) is 0. The van der Waals surface area contributed by atoms with Gasteiger partial charge in [-0.25, -0.2) is 0 Å². The minimum Gasteiger partial charge on any atom is -0.378 e. The lowest BCUT2D eigenvalue weighted by Crippen LogP contribution is -2.38. The van der Waals surface area contributed by atoms with E-state index in [0.29, 0.717) is 0 Å². The van der Waals surface area contributed by atoms with Crippen LogP contribution in [0.4, 0.5) is 0 Å². The van der Waals surface area contributed by atoms with E-state index >= 15 is 0 Å². The summed E-state index contributed by atoms with van der Waals surface area (Å²) in [6.45, 7) is 4.64. The van der Waals surface area contributed by atoms with Crippen LogP contribution in [0.2, 0.25) is 0 Å². The number of hydrogen-bond donors (Lipinski definition) is 0. The van der Waals surface area contributed by atoms with E-state index in [0.717, 1.165) is 17.8 Å². The second-order valence-electron chi connectivity index (χ2n) is 7.90. The molecule has 0 aromatic rings. The molecule has 0 aliphatic heterocycles. The van der Waals surface area contributed by atoms with Crippen LogP contribution in [0.5, 0.6) is 0 Å². The van der Waals surface area contributed by atoms with Gasteiger partial charge in [0.1, 0.15) is 0 Å². The summed E-state index contributed by atoms with van der Waals surface area (Å²) in [4.78, 5) is 0. The van der Waals surface area contributed by atoms with E-state index in [9.17, 15) is 0 Å². The van der Waals surface area contributed by atoms with Crippen molar-refractivity contribution in [2.24, 2.45) is 17.8 Å². The fourth-order valence-electron chi connectivity index (χ4n) is 5.05. The highest BCUT2D eigenvalue weighted by Gasteiger charge is 2.37. The number of methoxy groups -OCH3 is 1. The topological polar surface area (TPSA) is 9.23 Å². The zero-order chi connectivity index (χ0) is 15.1. The van der Waals surface area contributed by atoms with Crippen molar-refractivity contribution < 1.29 is 4.74 Å². The molecule has 0 radical (unpaired) electrons. The Kier molecular flexibility index (Phi) is 7.05. The van der Waals surface area contributed by atoms with Crippen molar-refractivity contribution in [2.75, 3.05) is 7.11 Å². The van der Waals surface area contributed by atoms with Gasteiger partial charge in [-0.1, -0.05) is 52.4 Å². The van der Waals surface area contributed by atoms with E-state index in [1.165, 1.54) is 83.5 Å². The maximum atomic E-state index is 5.97. The highest BCUT2D eigenvalue weighted by Crippen LogP contribution is 2.45. The largest absolute Gasteiger partial charge is 0.378 e. The van der Waals surface area contributed by atoms with E-state index in [1.807, 2.05) is 7.11 Å². The first-order valence-electron chi connectivity index (χ1n) is 9.78. The molecule has 2 aliphatic rings. The average Bonchev–Trinajstić information content (AvgIpc) is 2.55. The van der Waals surface area contributed by atoms with Gasteiger partial charge in [-0.3, -0.25) is 0 Å². The summed E-state index contributed by atoms with van der Waals surface area (Å²) in [7, 11) is 1.95. The molecule has 0 aromatic carbocycles. The first-order valence-corrected chi connectivity index (χ1v) is 9.78. The zero-order valence-electron chi connectivity index (χ0n) is 14.8. The summed E-state index contributed by atoms with van der Waals surface area (Å²) < 4.78 is 5.97.